The van der Waals surface area contributed by atoms with Crippen molar-refractivity contribution in [3.05, 3.63) is 29.5 Å². The minimum Gasteiger partial charge on any atom is -0.481 e. The Labute approximate surface area is 129 Å². The van der Waals surface area contributed by atoms with Gasteiger partial charge in [-0.3, -0.25) is 9.59 Å². The summed E-state index contributed by atoms with van der Waals surface area (Å²) in [6, 6.07) is 3.54. The molecule has 2 amide bonds. The maximum Gasteiger partial charge on any atom is 0.248 e. The zero-order valence-electron chi connectivity index (χ0n) is 12.5. The molecule has 1 aliphatic heterocycles. The Morgan fingerprint density at radius 3 is 3.05 bits per heavy atom. The van der Waals surface area contributed by atoms with E-state index in [-0.39, 0.29) is 24.3 Å². The minimum atomic E-state index is -0.198. The molecule has 1 unspecified atom stereocenters. The Bertz CT molecular complexity index is 622. The van der Waals surface area contributed by atoms with Gasteiger partial charge in [0, 0.05) is 11.6 Å². The number of nitrogens with zero attached hydrogens (tertiary/aromatic N) is 1. The van der Waals surface area contributed by atoms with Crippen LogP contribution in [0, 0.1) is 0 Å². The number of anilines is 1. The van der Waals surface area contributed by atoms with E-state index in [2.05, 4.69) is 15.6 Å². The summed E-state index contributed by atoms with van der Waals surface area (Å²) in [4.78, 5) is 28.2. The van der Waals surface area contributed by atoms with E-state index >= 15 is 0 Å². The summed E-state index contributed by atoms with van der Waals surface area (Å²) in [5, 5.41) is 5.73. The van der Waals surface area contributed by atoms with E-state index < -0.39 is 0 Å². The van der Waals surface area contributed by atoms with E-state index in [1.807, 2.05) is 0 Å². The Hall–Kier alpha value is -2.37. The van der Waals surface area contributed by atoms with Gasteiger partial charge in [-0.1, -0.05) is 6.42 Å². The van der Waals surface area contributed by atoms with Gasteiger partial charge in [-0.2, -0.15) is 0 Å². The number of fused-ring (bicyclic) bond motifs is 1. The molecule has 6 heteroatoms. The standard InChI is InChI=1S/C16H19N3O3/c1-22-15-7-6-10(9-17-15)18-14(20)8-12-11-4-2-3-5-13(11)19-16(12)21/h6-7,9,13H,2-5,8H2,1H3,(H,18,20)(H,19,21). The van der Waals surface area contributed by atoms with Crippen LogP contribution in [-0.2, 0) is 9.59 Å². The fourth-order valence-corrected chi connectivity index (χ4v) is 3.06. The normalized spacial score (nSPS) is 20.4. The van der Waals surface area contributed by atoms with Gasteiger partial charge in [-0.25, -0.2) is 4.98 Å². The van der Waals surface area contributed by atoms with Crippen LogP contribution < -0.4 is 15.4 Å². The van der Waals surface area contributed by atoms with Crippen LogP contribution in [0.4, 0.5) is 5.69 Å². The van der Waals surface area contributed by atoms with Crippen molar-refractivity contribution < 1.29 is 14.3 Å². The van der Waals surface area contributed by atoms with E-state index in [4.69, 9.17) is 4.74 Å². The summed E-state index contributed by atoms with van der Waals surface area (Å²) < 4.78 is 4.97. The summed E-state index contributed by atoms with van der Waals surface area (Å²) in [7, 11) is 1.54. The van der Waals surface area contributed by atoms with Crippen molar-refractivity contribution in [1.29, 1.82) is 0 Å². The molecule has 1 aliphatic carbocycles. The quantitative estimate of drug-likeness (QED) is 0.888. The van der Waals surface area contributed by atoms with Crippen LogP contribution in [-0.4, -0.2) is 29.9 Å². The van der Waals surface area contributed by atoms with Gasteiger partial charge in [0.15, 0.2) is 0 Å². The number of ether oxygens (including phenoxy) is 1. The first-order valence-corrected chi connectivity index (χ1v) is 7.50. The summed E-state index contributed by atoms with van der Waals surface area (Å²) in [5.41, 5.74) is 2.36. The first-order chi connectivity index (χ1) is 10.7. The molecule has 0 bridgehead atoms. The average Bonchev–Trinajstić information content (AvgIpc) is 2.84. The van der Waals surface area contributed by atoms with Crippen LogP contribution in [0.5, 0.6) is 5.88 Å². The highest BCUT2D eigenvalue weighted by atomic mass is 16.5. The van der Waals surface area contributed by atoms with Crippen LogP contribution in [0.1, 0.15) is 32.1 Å². The molecule has 0 saturated heterocycles. The summed E-state index contributed by atoms with van der Waals surface area (Å²) >= 11 is 0. The van der Waals surface area contributed by atoms with Crippen molar-refractivity contribution in [1.82, 2.24) is 10.3 Å². The number of hydrogen-bond donors (Lipinski definition) is 2. The monoisotopic (exact) mass is 301 g/mol. The SMILES string of the molecule is COc1ccc(NC(=O)CC2=C3CCCCC3NC2=O)cn1. The summed E-state index contributed by atoms with van der Waals surface area (Å²) in [6.07, 6.45) is 5.76. The number of carbonyl (C=O) groups is 2. The number of hydrogen-bond acceptors (Lipinski definition) is 4. The van der Waals surface area contributed by atoms with Gasteiger partial charge in [0.05, 0.1) is 31.5 Å². The van der Waals surface area contributed by atoms with Crippen molar-refractivity contribution in [2.24, 2.45) is 0 Å². The molecular formula is C16H19N3O3. The van der Waals surface area contributed by atoms with Gasteiger partial charge in [-0.15, -0.1) is 0 Å². The minimum absolute atomic E-state index is 0.0927. The smallest absolute Gasteiger partial charge is 0.248 e. The second-order valence-electron chi connectivity index (χ2n) is 5.59. The zero-order chi connectivity index (χ0) is 15.5. The van der Waals surface area contributed by atoms with Gasteiger partial charge in [0.25, 0.3) is 0 Å². The lowest BCUT2D eigenvalue weighted by Gasteiger charge is -2.20. The molecule has 1 saturated carbocycles. The molecule has 0 spiro atoms. The van der Waals surface area contributed by atoms with Crippen LogP contribution >= 0.6 is 0 Å². The van der Waals surface area contributed by atoms with Crippen molar-refractivity contribution in [3.8, 4) is 5.88 Å². The number of amides is 2. The Morgan fingerprint density at radius 2 is 2.32 bits per heavy atom. The third kappa shape index (κ3) is 2.95. The highest BCUT2D eigenvalue weighted by Crippen LogP contribution is 2.32. The Morgan fingerprint density at radius 1 is 1.45 bits per heavy atom. The third-order valence-corrected chi connectivity index (χ3v) is 4.14. The third-order valence-electron chi connectivity index (χ3n) is 4.14. The van der Waals surface area contributed by atoms with Crippen molar-refractivity contribution in [2.45, 2.75) is 38.1 Å². The maximum atomic E-state index is 12.2. The van der Waals surface area contributed by atoms with Crippen molar-refractivity contribution >= 4 is 17.5 Å². The molecule has 0 aromatic carbocycles. The fourth-order valence-electron chi connectivity index (χ4n) is 3.06. The predicted molar refractivity (Wildman–Crippen MR) is 81.5 cm³/mol. The molecule has 2 aliphatic rings. The van der Waals surface area contributed by atoms with E-state index in [9.17, 15) is 9.59 Å². The van der Waals surface area contributed by atoms with Gasteiger partial charge < -0.3 is 15.4 Å². The zero-order valence-corrected chi connectivity index (χ0v) is 12.5. The molecular weight excluding hydrogens is 282 g/mol. The molecule has 2 heterocycles. The van der Waals surface area contributed by atoms with E-state index in [0.29, 0.717) is 17.1 Å². The first kappa shape index (κ1) is 14.6. The lowest BCUT2D eigenvalue weighted by molar-refractivity contribution is -0.120. The molecule has 0 radical (unpaired) electrons. The summed E-state index contributed by atoms with van der Waals surface area (Å²) in [5.74, 6) is 0.198. The predicted octanol–water partition coefficient (Wildman–Crippen LogP) is 1.79. The second kappa shape index (κ2) is 6.17. The molecule has 3 rings (SSSR count). The largest absolute Gasteiger partial charge is 0.481 e. The lowest BCUT2D eigenvalue weighted by Crippen LogP contribution is -2.30. The molecule has 1 aromatic heterocycles. The second-order valence-corrected chi connectivity index (χ2v) is 5.59. The first-order valence-electron chi connectivity index (χ1n) is 7.50. The van der Waals surface area contributed by atoms with Crippen molar-refractivity contribution in [3.63, 3.8) is 0 Å². The average molecular weight is 301 g/mol. The number of methoxy groups -OCH3 is 1. The molecule has 1 atom stereocenters. The van der Waals surface area contributed by atoms with E-state index in [1.54, 1.807) is 12.1 Å². The van der Waals surface area contributed by atoms with Crippen LogP contribution in [0.2, 0.25) is 0 Å². The number of aromatic nitrogens is 1. The highest BCUT2D eigenvalue weighted by Gasteiger charge is 2.33. The number of nitrogens with one attached hydrogen (secondary N) is 2. The van der Waals surface area contributed by atoms with E-state index in [0.717, 1.165) is 31.3 Å². The number of pyridine rings is 1. The lowest BCUT2D eigenvalue weighted by atomic mass is 9.88. The highest BCUT2D eigenvalue weighted by molar-refractivity contribution is 6.04. The molecule has 116 valence electrons. The van der Waals surface area contributed by atoms with Gasteiger partial charge >= 0.3 is 0 Å². The maximum absolute atomic E-state index is 12.2. The van der Waals surface area contributed by atoms with Gasteiger partial charge in [0.2, 0.25) is 17.7 Å². The van der Waals surface area contributed by atoms with E-state index in [1.165, 1.54) is 13.3 Å². The molecule has 1 fully saturated rings. The molecule has 6 nitrogen and oxygen atoms in total. The van der Waals surface area contributed by atoms with Crippen LogP contribution in [0.25, 0.3) is 0 Å². The molecule has 1 aromatic rings. The van der Waals surface area contributed by atoms with Gasteiger partial charge in [0.1, 0.15) is 0 Å². The summed E-state index contributed by atoms with van der Waals surface area (Å²) in [6.45, 7) is 0. The fraction of sp³-hybridized carbons (Fsp3) is 0.438. The van der Waals surface area contributed by atoms with Crippen LogP contribution in [0.15, 0.2) is 29.5 Å². The molecule has 22 heavy (non-hydrogen) atoms. The number of carbonyl (C=O) groups excluding carboxylic acids is 2. The number of rotatable bonds is 4. The van der Waals surface area contributed by atoms with Crippen LogP contribution in [0.3, 0.4) is 0 Å². The van der Waals surface area contributed by atoms with Crippen molar-refractivity contribution in [2.75, 3.05) is 12.4 Å². The molecule has 2 N–H and O–H groups in total. The Kier molecular flexibility index (Phi) is 4.09. The Balaban J connectivity index is 1.66. The van der Waals surface area contributed by atoms with Gasteiger partial charge in [-0.05, 0) is 30.9 Å². The topological polar surface area (TPSA) is 80.3 Å².